The maximum absolute atomic E-state index is 13.6. The van der Waals surface area contributed by atoms with Crippen molar-refractivity contribution in [3.63, 3.8) is 0 Å². The monoisotopic (exact) mass is 575 g/mol. The average Bonchev–Trinajstić information content (AvgIpc) is 3.59. The van der Waals surface area contributed by atoms with E-state index in [9.17, 15) is 34.1 Å². The van der Waals surface area contributed by atoms with Gasteiger partial charge in [0, 0.05) is 23.3 Å². The first-order valence-electron chi connectivity index (χ1n) is 13.0. The van der Waals surface area contributed by atoms with Gasteiger partial charge < -0.3 is 4.74 Å². The van der Waals surface area contributed by atoms with E-state index in [1.165, 1.54) is 47.7 Å². The van der Waals surface area contributed by atoms with E-state index < -0.39 is 52.8 Å². The van der Waals surface area contributed by atoms with Crippen LogP contribution in [0.3, 0.4) is 0 Å². The Labute approximate surface area is 238 Å². The molecule has 1 aromatic heterocycles. The average molecular weight is 576 g/mol. The lowest BCUT2D eigenvalue weighted by molar-refractivity contribution is -0.384. The Morgan fingerprint density at radius 3 is 2.27 bits per heavy atom. The Hall–Kier alpha value is -4.71. The van der Waals surface area contributed by atoms with Crippen LogP contribution >= 0.6 is 11.3 Å². The number of imide groups is 1. The molecule has 0 radical (unpaired) electrons. The molecule has 0 unspecified atom stereocenters. The fourth-order valence-corrected chi connectivity index (χ4v) is 5.81. The number of ketones is 1. The third-order valence-electron chi connectivity index (χ3n) is 7.37. The molecule has 1 aliphatic heterocycles. The quantitative estimate of drug-likeness (QED) is 0.0951. The van der Waals surface area contributed by atoms with E-state index in [1.807, 2.05) is 6.92 Å². The zero-order valence-electron chi connectivity index (χ0n) is 21.9. The van der Waals surface area contributed by atoms with Crippen molar-refractivity contribution in [2.75, 3.05) is 6.54 Å². The summed E-state index contributed by atoms with van der Waals surface area (Å²) in [5, 5.41) is 14.4. The van der Waals surface area contributed by atoms with Gasteiger partial charge in [0.15, 0.2) is 5.78 Å². The van der Waals surface area contributed by atoms with Crippen LogP contribution in [-0.2, 0) is 9.59 Å². The predicted molar refractivity (Wildman–Crippen MR) is 146 cm³/mol. The molecule has 41 heavy (non-hydrogen) atoms. The third-order valence-corrected chi connectivity index (χ3v) is 8.22. The Morgan fingerprint density at radius 1 is 0.976 bits per heavy atom. The Kier molecular flexibility index (Phi) is 7.75. The van der Waals surface area contributed by atoms with Gasteiger partial charge in [-0.05, 0) is 73.0 Å². The number of Topliss-reactive ketones (excluding diaryl/α,β-unsaturated/α-hetero) is 1. The van der Waals surface area contributed by atoms with Crippen LogP contribution in [0.1, 0.15) is 56.6 Å². The maximum Gasteiger partial charge on any atom is 0.353 e. The number of hydrogen-bond donors (Lipinski definition) is 0. The number of nitrogens with zero attached hydrogens (tertiary/aromatic N) is 3. The minimum Gasteiger partial charge on any atom is -0.422 e. The fraction of sp³-hybridized carbons (Fsp3) is 0.276. The largest absolute Gasteiger partial charge is 0.422 e. The van der Waals surface area contributed by atoms with Crippen LogP contribution < -0.4 is 4.74 Å². The molecule has 0 N–H and O–H groups in total. The zero-order valence-corrected chi connectivity index (χ0v) is 22.7. The number of ether oxygens (including phenoxy) is 1. The fourth-order valence-electron chi connectivity index (χ4n) is 5.21. The Morgan fingerprint density at radius 2 is 1.63 bits per heavy atom. The number of thiophene rings is 1. The highest BCUT2D eigenvalue weighted by Crippen LogP contribution is 2.41. The van der Waals surface area contributed by atoms with Gasteiger partial charge in [0.2, 0.25) is 0 Å². The van der Waals surface area contributed by atoms with Gasteiger partial charge in [0.1, 0.15) is 17.2 Å². The number of carbonyl (C=O) groups is 5. The van der Waals surface area contributed by atoms with Crippen LogP contribution in [0.25, 0.3) is 0 Å². The molecule has 3 amide bonds. The second-order valence-electron chi connectivity index (χ2n) is 10.1. The van der Waals surface area contributed by atoms with Gasteiger partial charge in [-0.3, -0.25) is 29.3 Å². The van der Waals surface area contributed by atoms with E-state index in [0.717, 1.165) is 28.6 Å². The molecule has 2 aliphatic rings. The van der Waals surface area contributed by atoms with Crippen molar-refractivity contribution in [3.05, 3.63) is 92.2 Å². The number of hydrogen-bond acceptors (Lipinski definition) is 9. The predicted octanol–water partition coefficient (Wildman–Crippen LogP) is 4.54. The van der Waals surface area contributed by atoms with Crippen LogP contribution in [0.5, 0.6) is 5.75 Å². The summed E-state index contributed by atoms with van der Waals surface area (Å²) in [6, 6.07) is 13.8. The van der Waals surface area contributed by atoms with E-state index in [1.54, 1.807) is 17.5 Å². The second kappa shape index (κ2) is 11.4. The number of rotatable bonds is 8. The highest BCUT2D eigenvalue weighted by Gasteiger charge is 2.52. The first kappa shape index (κ1) is 27.8. The highest BCUT2D eigenvalue weighted by atomic mass is 32.1. The van der Waals surface area contributed by atoms with Gasteiger partial charge in [0.05, 0.1) is 16.8 Å². The van der Waals surface area contributed by atoms with E-state index in [4.69, 9.17) is 4.74 Å². The molecule has 1 saturated heterocycles. The van der Waals surface area contributed by atoms with Crippen molar-refractivity contribution in [2.24, 2.45) is 17.8 Å². The zero-order chi connectivity index (χ0) is 29.3. The summed E-state index contributed by atoms with van der Waals surface area (Å²) >= 11 is 1.23. The van der Waals surface area contributed by atoms with Crippen LogP contribution in [0.2, 0.25) is 0 Å². The van der Waals surface area contributed by atoms with Gasteiger partial charge in [-0.1, -0.05) is 13.0 Å². The lowest BCUT2D eigenvalue weighted by Gasteiger charge is -2.30. The number of nitro groups is 1. The molecule has 2 aromatic carbocycles. The number of fused-ring (bicyclic) bond motifs is 1. The lowest BCUT2D eigenvalue weighted by Crippen LogP contribution is -2.52. The standard InChI is InChI=1S/C29H25N3O8S/c1-17-4-13-22-23(15-17)28(36)31(27(22)35)30(26(34)19-5-9-20(10-6-19)32(38)39)16-24(33)18-7-11-21(12-8-18)40-29(37)25-3-2-14-41-25/h2-3,5-12,14,17,22-23H,4,13,15-16H2,1H3/t17-,22-,23-/m1/s1. The Balaban J connectivity index is 1.40. The van der Waals surface area contributed by atoms with Crippen LogP contribution in [0.4, 0.5) is 5.69 Å². The summed E-state index contributed by atoms with van der Waals surface area (Å²) < 4.78 is 5.32. The summed E-state index contributed by atoms with van der Waals surface area (Å²) in [5.74, 6) is -3.70. The second-order valence-corrected chi connectivity index (χ2v) is 11.0. The van der Waals surface area contributed by atoms with Gasteiger partial charge in [0.25, 0.3) is 23.4 Å². The van der Waals surface area contributed by atoms with Gasteiger partial charge in [-0.15, -0.1) is 11.3 Å². The topological polar surface area (TPSA) is 144 Å². The minimum atomic E-state index is -0.817. The number of esters is 1. The SMILES string of the molecule is C[C@@H]1CC[C@H]2C(=O)N(N(CC(=O)c3ccc(OC(=O)c4cccs4)cc3)C(=O)c3ccc([N+](=O)[O-])cc3)C(=O)[C@@H]2C1. The van der Waals surface area contributed by atoms with E-state index in [2.05, 4.69) is 0 Å². The molecule has 3 atom stereocenters. The van der Waals surface area contributed by atoms with Crippen molar-refractivity contribution in [2.45, 2.75) is 26.2 Å². The summed E-state index contributed by atoms with van der Waals surface area (Å²) in [5.41, 5.74) is -0.104. The molecule has 2 heterocycles. The summed E-state index contributed by atoms with van der Waals surface area (Å²) in [6.07, 6.45) is 1.78. The molecule has 1 aliphatic carbocycles. The molecule has 12 heteroatoms. The first-order valence-corrected chi connectivity index (χ1v) is 13.8. The van der Waals surface area contributed by atoms with Crippen molar-refractivity contribution in [3.8, 4) is 5.75 Å². The van der Waals surface area contributed by atoms with Gasteiger partial charge >= 0.3 is 5.97 Å². The molecule has 0 bridgehead atoms. The molecule has 2 fully saturated rings. The van der Waals surface area contributed by atoms with Crippen LogP contribution in [0, 0.1) is 27.9 Å². The van der Waals surface area contributed by atoms with Crippen molar-refractivity contribution in [1.82, 2.24) is 10.0 Å². The number of nitro benzene ring substituents is 1. The smallest absolute Gasteiger partial charge is 0.353 e. The molecule has 210 valence electrons. The van der Waals surface area contributed by atoms with Crippen LogP contribution in [0.15, 0.2) is 66.0 Å². The van der Waals surface area contributed by atoms with E-state index >= 15 is 0 Å². The maximum atomic E-state index is 13.6. The summed E-state index contributed by atoms with van der Waals surface area (Å²) in [7, 11) is 0. The number of hydrazine groups is 1. The molecule has 1 saturated carbocycles. The summed E-state index contributed by atoms with van der Waals surface area (Å²) in [6.45, 7) is 1.37. The number of amides is 3. The molecule has 0 spiro atoms. The number of non-ortho nitro benzene ring substituents is 1. The molecular formula is C29H25N3O8S. The van der Waals surface area contributed by atoms with Crippen molar-refractivity contribution < 1.29 is 33.6 Å². The summed E-state index contributed by atoms with van der Waals surface area (Å²) in [4.78, 5) is 76.9. The molecule has 11 nitrogen and oxygen atoms in total. The van der Waals surface area contributed by atoms with Crippen molar-refractivity contribution >= 4 is 46.5 Å². The molecular weight excluding hydrogens is 550 g/mol. The molecule has 3 aromatic rings. The van der Waals surface area contributed by atoms with Gasteiger partial charge in [-0.25, -0.2) is 9.80 Å². The van der Waals surface area contributed by atoms with Crippen LogP contribution in [-0.4, -0.2) is 51.0 Å². The molecule has 5 rings (SSSR count). The minimum absolute atomic E-state index is 0.0249. The number of benzene rings is 2. The van der Waals surface area contributed by atoms with Gasteiger partial charge in [-0.2, -0.15) is 5.01 Å². The Bertz CT molecular complexity index is 1520. The third kappa shape index (κ3) is 5.64. The highest BCUT2D eigenvalue weighted by molar-refractivity contribution is 7.12. The normalized spacial score (nSPS) is 19.9. The first-order chi connectivity index (χ1) is 19.6. The van der Waals surface area contributed by atoms with E-state index in [-0.39, 0.29) is 28.5 Å². The van der Waals surface area contributed by atoms with Crippen molar-refractivity contribution in [1.29, 1.82) is 0 Å². The van der Waals surface area contributed by atoms with E-state index in [0.29, 0.717) is 17.7 Å². The lowest BCUT2D eigenvalue weighted by atomic mass is 9.76. The number of carbonyl (C=O) groups excluding carboxylic acids is 5.